The summed E-state index contributed by atoms with van der Waals surface area (Å²) in [6.45, 7) is 2.48. The lowest BCUT2D eigenvalue weighted by molar-refractivity contribution is -0.109. The maximum atomic E-state index is 10.8. The third-order valence-corrected chi connectivity index (χ3v) is 7.15. The van der Waals surface area contributed by atoms with E-state index in [2.05, 4.69) is 98.8 Å². The van der Waals surface area contributed by atoms with Gasteiger partial charge in [-0.05, 0) is 63.0 Å². The summed E-state index contributed by atoms with van der Waals surface area (Å²) in [4.78, 5) is 17.4. The first kappa shape index (κ1) is 23.5. The number of aromatic amines is 1. The van der Waals surface area contributed by atoms with E-state index in [1.807, 2.05) is 5.01 Å². The molecule has 2 aliphatic heterocycles. The quantitative estimate of drug-likeness (QED) is 0.279. The van der Waals surface area contributed by atoms with Gasteiger partial charge in [0.1, 0.15) is 11.9 Å². The van der Waals surface area contributed by atoms with Crippen LogP contribution in [0.1, 0.15) is 41.9 Å². The van der Waals surface area contributed by atoms with Crippen LogP contribution in [0.15, 0.2) is 54.9 Å². The van der Waals surface area contributed by atoms with Crippen LogP contribution in [0.4, 0.5) is 11.6 Å². The second-order valence-corrected chi connectivity index (χ2v) is 9.71. The van der Waals surface area contributed by atoms with Gasteiger partial charge in [0, 0.05) is 24.7 Å². The van der Waals surface area contributed by atoms with Gasteiger partial charge in [0.2, 0.25) is 12.4 Å². The molecule has 0 radical (unpaired) electrons. The lowest BCUT2D eigenvalue weighted by Gasteiger charge is -2.37. The van der Waals surface area contributed by atoms with Gasteiger partial charge in [-0.25, -0.2) is 15.5 Å². The van der Waals surface area contributed by atoms with Gasteiger partial charge < -0.3 is 15.5 Å². The highest BCUT2D eigenvalue weighted by atomic mass is 16.1. The molecule has 0 spiro atoms. The molecule has 3 heterocycles. The molecule has 1 fully saturated rings. The lowest BCUT2D eigenvalue weighted by atomic mass is 9.78. The van der Waals surface area contributed by atoms with Crippen molar-refractivity contribution in [2.45, 2.75) is 36.8 Å². The van der Waals surface area contributed by atoms with Crippen molar-refractivity contribution in [2.24, 2.45) is 0 Å². The number of carbonyl (C=O) groups excluding carboxylic acids is 1. The highest BCUT2D eigenvalue weighted by Gasteiger charge is 2.45. The number of para-hydroxylation sites is 1. The van der Waals surface area contributed by atoms with Gasteiger partial charge >= 0.3 is 0 Å². The molecule has 5 rings (SSSR count). The van der Waals surface area contributed by atoms with E-state index in [1.54, 1.807) is 0 Å². The smallest absolute Gasteiger partial charge is 0.240 e. The SMILES string of the molecule is CN(C)CC1(c2cccc(C3CCCNC3CCNC=O)c2)NN(c2ncn[nH]2)c2ccccc21. The van der Waals surface area contributed by atoms with Crippen molar-refractivity contribution >= 4 is 18.0 Å². The van der Waals surface area contributed by atoms with Crippen LogP contribution in [0.3, 0.4) is 0 Å². The molecule has 1 saturated heterocycles. The average molecular weight is 475 g/mol. The molecule has 9 heteroatoms. The van der Waals surface area contributed by atoms with E-state index in [9.17, 15) is 4.79 Å². The van der Waals surface area contributed by atoms with Crippen LogP contribution < -0.4 is 21.1 Å². The van der Waals surface area contributed by atoms with Crippen LogP contribution in [0.2, 0.25) is 0 Å². The third-order valence-electron chi connectivity index (χ3n) is 7.15. The molecule has 3 aromatic rings. The number of piperidine rings is 1. The highest BCUT2D eigenvalue weighted by Crippen LogP contribution is 2.45. The number of hydrazine groups is 1. The van der Waals surface area contributed by atoms with E-state index >= 15 is 0 Å². The Morgan fingerprint density at radius 3 is 2.91 bits per heavy atom. The van der Waals surface area contributed by atoms with Crippen LogP contribution in [-0.4, -0.2) is 66.3 Å². The molecular weight excluding hydrogens is 440 g/mol. The second kappa shape index (κ2) is 10.2. The van der Waals surface area contributed by atoms with Crippen molar-refractivity contribution in [3.05, 3.63) is 71.5 Å². The molecule has 0 saturated carbocycles. The number of rotatable bonds is 9. The Kier molecular flexibility index (Phi) is 6.81. The van der Waals surface area contributed by atoms with Gasteiger partial charge in [-0.3, -0.25) is 4.79 Å². The normalized spacial score (nSPS) is 23.9. The summed E-state index contributed by atoms with van der Waals surface area (Å²) in [6, 6.07) is 17.8. The zero-order chi connectivity index (χ0) is 24.3. The number of likely N-dealkylation sites (N-methyl/N-ethyl adjacent to an activating group) is 1. The Morgan fingerprint density at radius 2 is 2.11 bits per heavy atom. The lowest BCUT2D eigenvalue weighted by Crippen LogP contribution is -2.51. The van der Waals surface area contributed by atoms with E-state index in [0.717, 1.165) is 44.4 Å². The fourth-order valence-electron chi connectivity index (χ4n) is 5.71. The highest BCUT2D eigenvalue weighted by molar-refractivity contribution is 5.69. The van der Waals surface area contributed by atoms with Crippen molar-refractivity contribution < 1.29 is 4.79 Å². The Hall–Kier alpha value is -3.27. The minimum absolute atomic E-state index is 0.339. The number of amides is 1. The van der Waals surface area contributed by atoms with Crippen molar-refractivity contribution in [2.75, 3.05) is 38.7 Å². The molecular formula is C26H34N8O. The molecule has 1 amide bonds. The maximum absolute atomic E-state index is 10.8. The predicted molar refractivity (Wildman–Crippen MR) is 136 cm³/mol. The molecule has 4 N–H and O–H groups in total. The summed E-state index contributed by atoms with van der Waals surface area (Å²) in [5, 5.41) is 15.6. The number of benzene rings is 2. The molecule has 35 heavy (non-hydrogen) atoms. The second-order valence-electron chi connectivity index (χ2n) is 9.71. The number of nitrogens with one attached hydrogen (secondary N) is 4. The largest absolute Gasteiger partial charge is 0.359 e. The van der Waals surface area contributed by atoms with Crippen LogP contribution in [0.5, 0.6) is 0 Å². The topological polar surface area (TPSA) is 101 Å². The number of H-pyrrole nitrogens is 1. The van der Waals surface area contributed by atoms with Crippen molar-refractivity contribution in [3.63, 3.8) is 0 Å². The number of hydrogen-bond donors (Lipinski definition) is 4. The first-order valence-corrected chi connectivity index (χ1v) is 12.3. The minimum atomic E-state index is -0.459. The van der Waals surface area contributed by atoms with Gasteiger partial charge in [0.05, 0.1) is 5.69 Å². The van der Waals surface area contributed by atoms with Crippen molar-refractivity contribution in [1.29, 1.82) is 0 Å². The van der Waals surface area contributed by atoms with E-state index in [0.29, 0.717) is 24.5 Å². The summed E-state index contributed by atoms with van der Waals surface area (Å²) in [7, 11) is 4.21. The fraction of sp³-hybridized carbons (Fsp3) is 0.423. The van der Waals surface area contributed by atoms with Crippen LogP contribution in [0, 0.1) is 0 Å². The Morgan fingerprint density at radius 1 is 1.23 bits per heavy atom. The molecule has 3 unspecified atom stereocenters. The van der Waals surface area contributed by atoms with Gasteiger partial charge in [-0.1, -0.05) is 42.5 Å². The fourth-order valence-corrected chi connectivity index (χ4v) is 5.71. The number of hydrogen-bond acceptors (Lipinski definition) is 7. The molecule has 2 aromatic carbocycles. The van der Waals surface area contributed by atoms with Crippen molar-refractivity contribution in [3.8, 4) is 0 Å². The summed E-state index contributed by atoms with van der Waals surface area (Å²) in [5.74, 6) is 1.06. The number of aromatic nitrogens is 3. The molecule has 9 nitrogen and oxygen atoms in total. The number of anilines is 2. The van der Waals surface area contributed by atoms with Gasteiger partial charge in [0.15, 0.2) is 0 Å². The van der Waals surface area contributed by atoms with Crippen LogP contribution in [0.25, 0.3) is 0 Å². The first-order valence-electron chi connectivity index (χ1n) is 12.3. The minimum Gasteiger partial charge on any atom is -0.359 e. The maximum Gasteiger partial charge on any atom is 0.240 e. The summed E-state index contributed by atoms with van der Waals surface area (Å²) in [6.07, 6.45) is 5.51. The molecule has 184 valence electrons. The average Bonchev–Trinajstić information content (AvgIpc) is 3.52. The van der Waals surface area contributed by atoms with Gasteiger partial charge in [0.25, 0.3) is 0 Å². The number of carbonyl (C=O) groups is 1. The van der Waals surface area contributed by atoms with Crippen molar-refractivity contribution in [1.82, 2.24) is 36.1 Å². The predicted octanol–water partition coefficient (Wildman–Crippen LogP) is 2.24. The van der Waals surface area contributed by atoms with E-state index < -0.39 is 5.54 Å². The first-order chi connectivity index (χ1) is 17.1. The van der Waals surface area contributed by atoms with Gasteiger partial charge in [-0.15, -0.1) is 0 Å². The van der Waals surface area contributed by atoms with Gasteiger partial charge in [-0.2, -0.15) is 10.1 Å². The molecule has 3 atom stereocenters. The number of fused-ring (bicyclic) bond motifs is 1. The standard InChI is InChI=1S/C26H34N8O/c1-33(2)16-26(22-10-3-4-11-24(22)34(32-26)25-29-17-30-31-25)20-8-5-7-19(15-20)21-9-6-13-28-23(21)12-14-27-18-35/h3-5,7-8,10-11,15,17-18,21,23,28,32H,6,9,12-14,16H2,1-2H3,(H,27,35)(H,29,30,31). The summed E-state index contributed by atoms with van der Waals surface area (Å²) in [5.41, 5.74) is 8.16. The Bertz CT molecular complexity index is 1130. The third kappa shape index (κ3) is 4.54. The number of nitrogens with zero attached hydrogens (tertiary/aromatic N) is 4. The van der Waals surface area contributed by atoms with E-state index in [4.69, 9.17) is 0 Å². The molecule has 2 aliphatic rings. The molecule has 1 aromatic heterocycles. The molecule has 0 bridgehead atoms. The molecule has 0 aliphatic carbocycles. The summed E-state index contributed by atoms with van der Waals surface area (Å²) < 4.78 is 0. The van der Waals surface area contributed by atoms with Crippen LogP contribution in [-0.2, 0) is 10.3 Å². The Balaban J connectivity index is 1.55. The zero-order valence-corrected chi connectivity index (χ0v) is 20.4. The van der Waals surface area contributed by atoms with E-state index in [-0.39, 0.29) is 0 Å². The summed E-state index contributed by atoms with van der Waals surface area (Å²) >= 11 is 0. The Labute approximate surface area is 206 Å². The van der Waals surface area contributed by atoms with Crippen LogP contribution >= 0.6 is 0 Å². The monoisotopic (exact) mass is 474 g/mol. The zero-order valence-electron chi connectivity index (χ0n) is 20.4. The van der Waals surface area contributed by atoms with E-state index in [1.165, 1.54) is 23.0 Å².